The van der Waals surface area contributed by atoms with Crippen molar-refractivity contribution >= 4 is 5.82 Å². The quantitative estimate of drug-likeness (QED) is 0.862. The van der Waals surface area contributed by atoms with Gasteiger partial charge in [0, 0.05) is 25.3 Å². The highest BCUT2D eigenvalue weighted by atomic mass is 16.5. The molecule has 2 saturated heterocycles. The lowest BCUT2D eigenvalue weighted by Gasteiger charge is -2.42. The second-order valence-corrected chi connectivity index (χ2v) is 5.23. The molecule has 2 aliphatic rings. The van der Waals surface area contributed by atoms with E-state index in [4.69, 9.17) is 4.74 Å². The molecule has 2 unspecified atom stereocenters. The Kier molecular flexibility index (Phi) is 3.37. The van der Waals surface area contributed by atoms with E-state index in [-0.39, 0.29) is 0 Å². The monoisotopic (exact) mass is 247 g/mol. The van der Waals surface area contributed by atoms with E-state index in [0.29, 0.717) is 6.04 Å². The van der Waals surface area contributed by atoms with Gasteiger partial charge in [0.05, 0.1) is 7.11 Å². The first-order chi connectivity index (χ1) is 8.88. The van der Waals surface area contributed by atoms with Gasteiger partial charge in [0.15, 0.2) is 11.6 Å². The third-order valence-electron chi connectivity index (χ3n) is 4.16. The van der Waals surface area contributed by atoms with Crippen molar-refractivity contribution in [1.29, 1.82) is 0 Å². The molecule has 4 nitrogen and oxygen atoms in total. The van der Waals surface area contributed by atoms with Crippen molar-refractivity contribution in [1.82, 2.24) is 10.3 Å². The van der Waals surface area contributed by atoms with Crippen LogP contribution in [0.1, 0.15) is 19.3 Å². The molecule has 0 bridgehead atoms. The maximum atomic E-state index is 5.41. The molecule has 0 aliphatic carbocycles. The minimum atomic E-state index is 0.713. The number of hydrogen-bond acceptors (Lipinski definition) is 4. The van der Waals surface area contributed by atoms with E-state index in [0.717, 1.165) is 30.6 Å². The lowest BCUT2D eigenvalue weighted by atomic mass is 9.85. The van der Waals surface area contributed by atoms with Gasteiger partial charge in [-0.3, -0.25) is 0 Å². The molecule has 0 saturated carbocycles. The molecule has 0 spiro atoms. The lowest BCUT2D eigenvalue weighted by molar-refractivity contribution is 0.243. The minimum Gasteiger partial charge on any atom is -0.493 e. The molecule has 3 heterocycles. The summed E-state index contributed by atoms with van der Waals surface area (Å²) < 4.78 is 5.41. The SMILES string of the molecule is COc1cccnc1N1CCC2NCCCC2C1. The van der Waals surface area contributed by atoms with Gasteiger partial charge in [0.2, 0.25) is 0 Å². The maximum Gasteiger partial charge on any atom is 0.171 e. The third kappa shape index (κ3) is 2.17. The number of pyridine rings is 1. The Morgan fingerprint density at radius 2 is 2.39 bits per heavy atom. The Bertz CT molecular complexity index is 410. The standard InChI is InChI=1S/C14H21N3O/c1-18-13-5-3-8-16-14(13)17-9-6-12-11(10-17)4-2-7-15-12/h3,5,8,11-12,15H,2,4,6-7,9-10H2,1H3. The van der Waals surface area contributed by atoms with Crippen molar-refractivity contribution < 1.29 is 4.74 Å². The summed E-state index contributed by atoms with van der Waals surface area (Å²) >= 11 is 0. The molecule has 18 heavy (non-hydrogen) atoms. The fourth-order valence-corrected chi connectivity index (χ4v) is 3.22. The highest BCUT2D eigenvalue weighted by Gasteiger charge is 2.32. The zero-order valence-electron chi connectivity index (χ0n) is 10.9. The van der Waals surface area contributed by atoms with Crippen molar-refractivity contribution in [2.75, 3.05) is 31.6 Å². The summed E-state index contributed by atoms with van der Waals surface area (Å²) in [6.07, 6.45) is 5.70. The largest absolute Gasteiger partial charge is 0.493 e. The van der Waals surface area contributed by atoms with Crippen LogP contribution >= 0.6 is 0 Å². The third-order valence-corrected chi connectivity index (χ3v) is 4.16. The number of rotatable bonds is 2. The van der Waals surface area contributed by atoms with Gasteiger partial charge in [-0.05, 0) is 43.9 Å². The van der Waals surface area contributed by atoms with Crippen LogP contribution in [0.5, 0.6) is 5.75 Å². The summed E-state index contributed by atoms with van der Waals surface area (Å²) in [4.78, 5) is 6.87. The molecular formula is C14H21N3O. The first-order valence-corrected chi connectivity index (χ1v) is 6.86. The molecule has 0 amide bonds. The normalized spacial score (nSPS) is 27.7. The van der Waals surface area contributed by atoms with E-state index in [2.05, 4.69) is 15.2 Å². The van der Waals surface area contributed by atoms with Crippen LogP contribution < -0.4 is 15.0 Å². The van der Waals surface area contributed by atoms with E-state index in [1.54, 1.807) is 7.11 Å². The molecule has 2 atom stereocenters. The van der Waals surface area contributed by atoms with Crippen molar-refractivity contribution in [2.45, 2.75) is 25.3 Å². The van der Waals surface area contributed by atoms with Crippen molar-refractivity contribution in [2.24, 2.45) is 5.92 Å². The number of hydrogen-bond donors (Lipinski definition) is 1. The van der Waals surface area contributed by atoms with Crippen LogP contribution in [0, 0.1) is 5.92 Å². The van der Waals surface area contributed by atoms with E-state index in [1.165, 1.54) is 25.8 Å². The summed E-state index contributed by atoms with van der Waals surface area (Å²) in [5, 5.41) is 3.64. The Labute approximate surface area is 108 Å². The molecule has 2 aliphatic heterocycles. The van der Waals surface area contributed by atoms with Gasteiger partial charge in [-0.1, -0.05) is 0 Å². The average Bonchev–Trinajstić information content (AvgIpc) is 2.46. The van der Waals surface area contributed by atoms with Crippen LogP contribution in [0.25, 0.3) is 0 Å². The zero-order valence-corrected chi connectivity index (χ0v) is 10.9. The molecule has 1 aromatic rings. The molecule has 4 heteroatoms. The van der Waals surface area contributed by atoms with Crippen LogP contribution in [-0.4, -0.2) is 37.8 Å². The second-order valence-electron chi connectivity index (χ2n) is 5.23. The maximum absolute atomic E-state index is 5.41. The Morgan fingerprint density at radius 3 is 3.28 bits per heavy atom. The van der Waals surface area contributed by atoms with Gasteiger partial charge in [0.1, 0.15) is 0 Å². The van der Waals surface area contributed by atoms with Crippen molar-refractivity contribution in [3.8, 4) is 5.75 Å². The number of ether oxygens (including phenoxy) is 1. The highest BCUT2D eigenvalue weighted by molar-refractivity contribution is 5.52. The number of nitrogens with one attached hydrogen (secondary N) is 1. The fourth-order valence-electron chi connectivity index (χ4n) is 3.22. The first-order valence-electron chi connectivity index (χ1n) is 6.86. The van der Waals surface area contributed by atoms with E-state index in [1.807, 2.05) is 18.3 Å². The molecular weight excluding hydrogens is 226 g/mol. The van der Waals surface area contributed by atoms with Crippen LogP contribution in [0.4, 0.5) is 5.82 Å². The number of aromatic nitrogens is 1. The Balaban J connectivity index is 1.77. The molecule has 1 aromatic heterocycles. The highest BCUT2D eigenvalue weighted by Crippen LogP contribution is 2.31. The second kappa shape index (κ2) is 5.14. The fraction of sp³-hybridized carbons (Fsp3) is 0.643. The summed E-state index contributed by atoms with van der Waals surface area (Å²) in [6, 6.07) is 4.63. The summed E-state index contributed by atoms with van der Waals surface area (Å²) in [5.74, 6) is 2.66. The van der Waals surface area contributed by atoms with E-state index < -0.39 is 0 Å². The summed E-state index contributed by atoms with van der Waals surface area (Å²) in [6.45, 7) is 3.36. The molecule has 0 aromatic carbocycles. The molecule has 98 valence electrons. The first kappa shape index (κ1) is 11.8. The average molecular weight is 247 g/mol. The lowest BCUT2D eigenvalue weighted by Crippen LogP contribution is -2.52. The van der Waals surface area contributed by atoms with Gasteiger partial charge in [-0.25, -0.2) is 4.98 Å². The van der Waals surface area contributed by atoms with Gasteiger partial charge in [0.25, 0.3) is 0 Å². The Morgan fingerprint density at radius 1 is 1.44 bits per heavy atom. The minimum absolute atomic E-state index is 0.713. The smallest absolute Gasteiger partial charge is 0.171 e. The van der Waals surface area contributed by atoms with Gasteiger partial charge in [-0.2, -0.15) is 0 Å². The van der Waals surface area contributed by atoms with Crippen molar-refractivity contribution in [3.63, 3.8) is 0 Å². The van der Waals surface area contributed by atoms with Gasteiger partial charge < -0.3 is 15.0 Å². The predicted molar refractivity (Wildman–Crippen MR) is 72.1 cm³/mol. The number of nitrogens with zero attached hydrogens (tertiary/aromatic N) is 2. The van der Waals surface area contributed by atoms with E-state index >= 15 is 0 Å². The molecule has 2 fully saturated rings. The number of fused-ring (bicyclic) bond motifs is 1. The topological polar surface area (TPSA) is 37.4 Å². The zero-order chi connectivity index (χ0) is 12.4. The molecule has 0 radical (unpaired) electrons. The number of anilines is 1. The summed E-state index contributed by atoms with van der Waals surface area (Å²) in [5.41, 5.74) is 0. The van der Waals surface area contributed by atoms with Gasteiger partial charge >= 0.3 is 0 Å². The molecule has 3 rings (SSSR count). The van der Waals surface area contributed by atoms with Crippen LogP contribution in [-0.2, 0) is 0 Å². The predicted octanol–water partition coefficient (Wildman–Crippen LogP) is 1.67. The number of piperidine rings is 2. The van der Waals surface area contributed by atoms with Crippen molar-refractivity contribution in [3.05, 3.63) is 18.3 Å². The molecule has 1 N–H and O–H groups in total. The number of methoxy groups -OCH3 is 1. The van der Waals surface area contributed by atoms with Crippen LogP contribution in [0.2, 0.25) is 0 Å². The van der Waals surface area contributed by atoms with Crippen LogP contribution in [0.15, 0.2) is 18.3 Å². The Hall–Kier alpha value is -1.29. The summed E-state index contributed by atoms with van der Waals surface area (Å²) in [7, 11) is 1.72. The van der Waals surface area contributed by atoms with Crippen LogP contribution in [0.3, 0.4) is 0 Å². The van der Waals surface area contributed by atoms with E-state index in [9.17, 15) is 0 Å². The van der Waals surface area contributed by atoms with Gasteiger partial charge in [-0.15, -0.1) is 0 Å².